The van der Waals surface area contributed by atoms with Gasteiger partial charge in [-0.15, -0.1) is 0 Å². The number of rotatable bonds is 4. The number of phenols is 1. The number of aromatic nitrogens is 5. The third-order valence-electron chi connectivity index (χ3n) is 6.53. The van der Waals surface area contributed by atoms with E-state index in [1.54, 1.807) is 37.4 Å². The van der Waals surface area contributed by atoms with Crippen LogP contribution >= 0.6 is 0 Å². The van der Waals surface area contributed by atoms with E-state index in [2.05, 4.69) is 20.5 Å². The van der Waals surface area contributed by atoms with E-state index in [1.807, 2.05) is 0 Å². The number of pyridine rings is 1. The molecule has 6 rings (SSSR count). The zero-order valence-corrected chi connectivity index (χ0v) is 20.7. The third kappa shape index (κ3) is 4.15. The van der Waals surface area contributed by atoms with Crippen LogP contribution in [-0.2, 0) is 13.2 Å². The van der Waals surface area contributed by atoms with Gasteiger partial charge in [-0.05, 0) is 48.5 Å². The number of nitrogens with zero attached hydrogens (tertiary/aromatic N) is 4. The summed E-state index contributed by atoms with van der Waals surface area (Å²) in [5.74, 6) is -0.547. The minimum atomic E-state index is -4.57. The average Bonchev–Trinajstić information content (AvgIpc) is 3.49. The molecule has 3 aromatic carbocycles. The molecule has 200 valence electrons. The number of halogens is 3. The van der Waals surface area contributed by atoms with E-state index in [1.165, 1.54) is 45.9 Å². The molecule has 3 N–H and O–H groups in total. The molecular weight excluding hydrogens is 525 g/mol. The van der Waals surface area contributed by atoms with Gasteiger partial charge in [0.2, 0.25) is 0 Å². The number of phenolic OH excluding ortho intramolecular Hbond substituents is 1. The number of carbonyl (C=O) groups excluding carboxylic acids is 1. The first-order chi connectivity index (χ1) is 19.1. The standard InChI is InChI=1S/C28H19F3N6O3/c1-36-25-19(14-32-36)24-22(23(34-25)16-5-4-6-17(13-16)28(29,30)31)27(40)37(35-24)18-11-9-15(10-12-18)26(39)33-20-7-2-3-8-21(20)38/h2-14,35,38H,1H3,(H,33,39). The van der Waals surface area contributed by atoms with Gasteiger partial charge in [0.05, 0.1) is 45.1 Å². The van der Waals surface area contributed by atoms with Gasteiger partial charge in [-0.2, -0.15) is 18.3 Å². The van der Waals surface area contributed by atoms with Crippen LogP contribution in [0.4, 0.5) is 18.9 Å². The van der Waals surface area contributed by atoms with Crippen molar-refractivity contribution >= 4 is 33.5 Å². The maximum absolute atomic E-state index is 13.7. The number of aryl methyl sites for hydroxylation is 1. The van der Waals surface area contributed by atoms with Crippen LogP contribution in [0, 0.1) is 0 Å². The molecule has 0 spiro atoms. The molecular formula is C28H19F3N6O3. The smallest absolute Gasteiger partial charge is 0.416 e. The van der Waals surface area contributed by atoms with Crippen molar-refractivity contribution in [2.24, 2.45) is 7.05 Å². The molecule has 0 aliphatic rings. The lowest BCUT2D eigenvalue weighted by Crippen LogP contribution is -2.16. The largest absolute Gasteiger partial charge is 0.506 e. The number of aromatic amines is 1. The summed E-state index contributed by atoms with van der Waals surface area (Å²) in [5.41, 5.74) is 0.452. The molecule has 1 amide bonds. The number of amides is 1. The lowest BCUT2D eigenvalue weighted by atomic mass is 10.0. The average molecular weight is 544 g/mol. The van der Waals surface area contributed by atoms with Gasteiger partial charge in [-0.25, -0.2) is 9.67 Å². The van der Waals surface area contributed by atoms with Crippen LogP contribution in [0.15, 0.2) is 83.8 Å². The number of carbonyl (C=O) groups is 1. The Hall–Kier alpha value is -5.39. The Morgan fingerprint density at radius 3 is 2.50 bits per heavy atom. The van der Waals surface area contributed by atoms with Gasteiger partial charge in [0.15, 0.2) is 5.65 Å². The van der Waals surface area contributed by atoms with Crippen molar-refractivity contribution < 1.29 is 23.1 Å². The number of H-pyrrole nitrogens is 1. The molecule has 0 bridgehead atoms. The number of nitrogens with one attached hydrogen (secondary N) is 2. The van der Waals surface area contributed by atoms with Crippen LogP contribution in [0.5, 0.6) is 5.75 Å². The van der Waals surface area contributed by atoms with Gasteiger partial charge in [0.25, 0.3) is 11.5 Å². The van der Waals surface area contributed by atoms with Gasteiger partial charge in [-0.1, -0.05) is 24.3 Å². The molecule has 12 heteroatoms. The normalized spacial score (nSPS) is 11.8. The fourth-order valence-electron chi connectivity index (χ4n) is 4.52. The SMILES string of the molecule is Cn1ncc2c3[nH]n(-c4ccc(C(=O)Nc5ccccc5O)cc4)c(=O)c3c(-c3cccc(C(F)(F)F)c3)nc21. The Morgan fingerprint density at radius 1 is 1.02 bits per heavy atom. The molecule has 3 heterocycles. The molecule has 0 aliphatic carbocycles. The lowest BCUT2D eigenvalue weighted by Gasteiger charge is -2.09. The molecule has 0 saturated heterocycles. The summed E-state index contributed by atoms with van der Waals surface area (Å²) in [6.45, 7) is 0. The van der Waals surface area contributed by atoms with Crippen LogP contribution in [0.1, 0.15) is 15.9 Å². The second-order valence-electron chi connectivity index (χ2n) is 9.06. The number of para-hydroxylation sites is 2. The Labute approximate surface area is 223 Å². The van der Waals surface area contributed by atoms with Crippen LogP contribution in [0.2, 0.25) is 0 Å². The van der Waals surface area contributed by atoms with Crippen LogP contribution in [-0.4, -0.2) is 35.6 Å². The highest BCUT2D eigenvalue weighted by molar-refractivity contribution is 6.08. The number of benzene rings is 3. The molecule has 9 nitrogen and oxygen atoms in total. The molecule has 0 fully saturated rings. The number of anilines is 1. The van der Waals surface area contributed by atoms with Crippen molar-refractivity contribution in [1.29, 1.82) is 0 Å². The number of hydrogen-bond donors (Lipinski definition) is 3. The van der Waals surface area contributed by atoms with Crippen LogP contribution in [0.3, 0.4) is 0 Å². The van der Waals surface area contributed by atoms with E-state index < -0.39 is 23.2 Å². The minimum absolute atomic E-state index is 0.0795. The molecule has 0 saturated carbocycles. The summed E-state index contributed by atoms with van der Waals surface area (Å²) in [4.78, 5) is 30.9. The van der Waals surface area contributed by atoms with Crippen molar-refractivity contribution in [2.75, 3.05) is 5.32 Å². The van der Waals surface area contributed by atoms with Crippen molar-refractivity contribution in [2.45, 2.75) is 6.18 Å². The number of alkyl halides is 3. The van der Waals surface area contributed by atoms with Crippen LogP contribution < -0.4 is 10.9 Å². The highest BCUT2D eigenvalue weighted by Crippen LogP contribution is 2.35. The Bertz CT molecular complexity index is 1990. The molecule has 40 heavy (non-hydrogen) atoms. The zero-order valence-electron chi connectivity index (χ0n) is 20.7. The fraction of sp³-hybridized carbons (Fsp3) is 0.0714. The number of hydrogen-bond acceptors (Lipinski definition) is 5. The van der Waals surface area contributed by atoms with E-state index >= 15 is 0 Å². The highest BCUT2D eigenvalue weighted by atomic mass is 19.4. The maximum atomic E-state index is 13.7. The highest BCUT2D eigenvalue weighted by Gasteiger charge is 2.31. The van der Waals surface area contributed by atoms with Crippen molar-refractivity contribution in [1.82, 2.24) is 24.5 Å². The molecule has 0 atom stereocenters. The fourth-order valence-corrected chi connectivity index (χ4v) is 4.52. The monoisotopic (exact) mass is 544 g/mol. The van der Waals surface area contributed by atoms with Crippen molar-refractivity contribution in [3.05, 3.63) is 100 Å². The Balaban J connectivity index is 1.46. The van der Waals surface area contributed by atoms with E-state index in [0.29, 0.717) is 22.2 Å². The van der Waals surface area contributed by atoms with Gasteiger partial charge < -0.3 is 10.4 Å². The summed E-state index contributed by atoms with van der Waals surface area (Å²) in [6.07, 6.45) is -3.05. The Kier molecular flexibility index (Phi) is 5.68. The summed E-state index contributed by atoms with van der Waals surface area (Å²) >= 11 is 0. The van der Waals surface area contributed by atoms with E-state index in [-0.39, 0.29) is 33.6 Å². The van der Waals surface area contributed by atoms with Gasteiger partial charge in [0, 0.05) is 18.2 Å². The second kappa shape index (κ2) is 9.12. The first-order valence-corrected chi connectivity index (χ1v) is 12.0. The number of aromatic hydroxyl groups is 1. The Morgan fingerprint density at radius 2 is 1.77 bits per heavy atom. The topological polar surface area (TPSA) is 118 Å². The first kappa shape index (κ1) is 24.9. The van der Waals surface area contributed by atoms with E-state index in [4.69, 9.17) is 0 Å². The second-order valence-corrected chi connectivity index (χ2v) is 9.06. The molecule has 3 aromatic heterocycles. The summed E-state index contributed by atoms with van der Waals surface area (Å²) in [6, 6.07) is 17.1. The minimum Gasteiger partial charge on any atom is -0.506 e. The predicted molar refractivity (Wildman–Crippen MR) is 142 cm³/mol. The molecule has 6 aromatic rings. The third-order valence-corrected chi connectivity index (χ3v) is 6.53. The van der Waals surface area contributed by atoms with E-state index in [0.717, 1.165) is 12.1 Å². The predicted octanol–water partition coefficient (Wildman–Crippen LogP) is 5.24. The van der Waals surface area contributed by atoms with E-state index in [9.17, 15) is 27.9 Å². The van der Waals surface area contributed by atoms with Crippen molar-refractivity contribution in [3.8, 4) is 22.7 Å². The molecule has 0 radical (unpaired) electrons. The van der Waals surface area contributed by atoms with Gasteiger partial charge in [-0.3, -0.25) is 19.4 Å². The zero-order chi connectivity index (χ0) is 28.2. The summed E-state index contributed by atoms with van der Waals surface area (Å²) in [7, 11) is 1.64. The summed E-state index contributed by atoms with van der Waals surface area (Å²) in [5, 5.41) is 20.4. The quantitative estimate of drug-likeness (QED) is 0.262. The van der Waals surface area contributed by atoms with Gasteiger partial charge in [0.1, 0.15) is 5.75 Å². The number of fused-ring (bicyclic) bond motifs is 3. The summed E-state index contributed by atoms with van der Waals surface area (Å²) < 4.78 is 43.1. The molecule has 0 aliphatic heterocycles. The van der Waals surface area contributed by atoms with Crippen molar-refractivity contribution in [3.63, 3.8) is 0 Å². The first-order valence-electron chi connectivity index (χ1n) is 12.0. The maximum Gasteiger partial charge on any atom is 0.416 e. The van der Waals surface area contributed by atoms with Crippen LogP contribution in [0.25, 0.3) is 38.9 Å². The van der Waals surface area contributed by atoms with Gasteiger partial charge >= 0.3 is 6.18 Å². The lowest BCUT2D eigenvalue weighted by molar-refractivity contribution is -0.137. The molecule has 0 unspecified atom stereocenters.